The molecule has 0 amide bonds. The lowest BCUT2D eigenvalue weighted by atomic mass is 10.1. The molecule has 0 spiro atoms. The molecule has 0 aromatic heterocycles. The number of aliphatic hydroxyl groups is 3. The Kier molecular flexibility index (Phi) is 2.12. The monoisotopic (exact) mass is 137 g/mol. The molecule has 0 radical (unpaired) electrons. The van der Waals surface area contributed by atoms with E-state index in [1.54, 1.807) is 0 Å². The molecular formula is C3H11N3O3. The summed E-state index contributed by atoms with van der Waals surface area (Å²) in [6.07, 6.45) is 0. The van der Waals surface area contributed by atoms with Crippen molar-refractivity contribution >= 4 is 0 Å². The number of hydrogen-bond acceptors (Lipinski definition) is 6. The maximum absolute atomic E-state index is 8.69. The Balaban J connectivity index is 4.14. The third-order valence-corrected chi connectivity index (χ3v) is 0.935. The van der Waals surface area contributed by atoms with E-state index in [4.69, 9.17) is 32.5 Å². The van der Waals surface area contributed by atoms with Gasteiger partial charge in [0.2, 0.25) is 5.85 Å². The second kappa shape index (κ2) is 2.18. The van der Waals surface area contributed by atoms with Gasteiger partial charge in [0.1, 0.15) is 0 Å². The molecule has 0 bridgehead atoms. The standard InChI is InChI=1S/C3H11N3O3/c4-2(8,1-7)3(5,6)9/h7-9H,1,4-6H2. The van der Waals surface area contributed by atoms with Crippen LogP contribution in [0, 0.1) is 0 Å². The Hall–Kier alpha value is -0.240. The van der Waals surface area contributed by atoms with Crippen molar-refractivity contribution in [1.82, 2.24) is 0 Å². The van der Waals surface area contributed by atoms with Crippen molar-refractivity contribution in [1.29, 1.82) is 0 Å². The number of hydrogen-bond donors (Lipinski definition) is 6. The molecule has 0 aliphatic heterocycles. The number of aliphatic hydroxyl groups excluding tert-OH is 1. The van der Waals surface area contributed by atoms with Gasteiger partial charge in [-0.25, -0.2) is 0 Å². The van der Waals surface area contributed by atoms with E-state index >= 15 is 0 Å². The summed E-state index contributed by atoms with van der Waals surface area (Å²) in [5.74, 6) is -2.47. The van der Waals surface area contributed by atoms with E-state index in [9.17, 15) is 0 Å². The minimum Gasteiger partial charge on any atom is -0.392 e. The molecule has 0 saturated carbocycles. The fourth-order valence-corrected chi connectivity index (χ4v) is 0.127. The molecule has 6 heteroatoms. The Bertz CT molecular complexity index is 97.0. The van der Waals surface area contributed by atoms with Crippen molar-refractivity contribution < 1.29 is 15.3 Å². The summed E-state index contributed by atoms with van der Waals surface area (Å²) in [5, 5.41) is 25.5. The van der Waals surface area contributed by atoms with Crippen molar-refractivity contribution in [2.24, 2.45) is 17.2 Å². The van der Waals surface area contributed by atoms with E-state index < -0.39 is 18.2 Å². The van der Waals surface area contributed by atoms with E-state index in [0.717, 1.165) is 0 Å². The quantitative estimate of drug-likeness (QED) is 0.216. The SMILES string of the molecule is NC(N)(O)C(N)(O)CO. The molecule has 0 fully saturated rings. The lowest BCUT2D eigenvalue weighted by Crippen LogP contribution is -2.73. The average Bonchev–Trinajstić information content (AvgIpc) is 1.64. The summed E-state index contributed by atoms with van der Waals surface area (Å²) < 4.78 is 0. The van der Waals surface area contributed by atoms with Gasteiger partial charge >= 0.3 is 0 Å². The maximum Gasteiger partial charge on any atom is 0.213 e. The minimum absolute atomic E-state index is 0.906. The summed E-state index contributed by atoms with van der Waals surface area (Å²) in [7, 11) is 0. The first-order valence-corrected chi connectivity index (χ1v) is 2.23. The van der Waals surface area contributed by atoms with Crippen molar-refractivity contribution in [2.45, 2.75) is 11.6 Å². The van der Waals surface area contributed by atoms with Gasteiger partial charge in [-0.05, 0) is 0 Å². The highest BCUT2D eigenvalue weighted by molar-refractivity contribution is 4.84. The zero-order valence-corrected chi connectivity index (χ0v) is 4.78. The lowest BCUT2D eigenvalue weighted by molar-refractivity contribution is -0.163. The predicted molar refractivity (Wildman–Crippen MR) is 29.5 cm³/mol. The van der Waals surface area contributed by atoms with Gasteiger partial charge in [-0.2, -0.15) is 0 Å². The van der Waals surface area contributed by atoms with Gasteiger partial charge in [-0.1, -0.05) is 0 Å². The van der Waals surface area contributed by atoms with Crippen molar-refractivity contribution in [3.8, 4) is 0 Å². The fourth-order valence-electron chi connectivity index (χ4n) is 0.127. The van der Waals surface area contributed by atoms with Gasteiger partial charge in [0.25, 0.3) is 0 Å². The molecule has 0 aromatic rings. The first-order chi connectivity index (χ1) is 3.81. The third-order valence-electron chi connectivity index (χ3n) is 0.935. The van der Waals surface area contributed by atoms with E-state index in [1.165, 1.54) is 0 Å². The molecule has 0 aromatic carbocycles. The lowest BCUT2D eigenvalue weighted by Gasteiger charge is -2.31. The Morgan fingerprint density at radius 3 is 1.44 bits per heavy atom. The average molecular weight is 137 g/mol. The Labute approximate surface area is 51.9 Å². The predicted octanol–water partition coefficient (Wildman–Crippen LogP) is -3.81. The fraction of sp³-hybridized carbons (Fsp3) is 1.00. The normalized spacial score (nSPS) is 19.3. The molecule has 0 rings (SSSR count). The van der Waals surface area contributed by atoms with Gasteiger partial charge in [-0.15, -0.1) is 0 Å². The van der Waals surface area contributed by atoms with Gasteiger partial charge in [0, 0.05) is 0 Å². The summed E-state index contributed by atoms with van der Waals surface area (Å²) in [4.78, 5) is 0. The highest BCUT2D eigenvalue weighted by Crippen LogP contribution is 2.02. The van der Waals surface area contributed by atoms with Crippen LogP contribution in [0.15, 0.2) is 0 Å². The van der Waals surface area contributed by atoms with E-state index in [1.807, 2.05) is 0 Å². The van der Waals surface area contributed by atoms with Gasteiger partial charge in [0.05, 0.1) is 6.61 Å². The first-order valence-electron chi connectivity index (χ1n) is 2.23. The maximum atomic E-state index is 8.69. The molecule has 0 heterocycles. The van der Waals surface area contributed by atoms with Gasteiger partial charge in [-0.3, -0.25) is 17.2 Å². The van der Waals surface area contributed by atoms with Crippen LogP contribution >= 0.6 is 0 Å². The number of rotatable bonds is 2. The topological polar surface area (TPSA) is 139 Å². The van der Waals surface area contributed by atoms with Gasteiger partial charge < -0.3 is 15.3 Å². The second-order valence-electron chi connectivity index (χ2n) is 1.91. The van der Waals surface area contributed by atoms with Crippen LogP contribution in [0.1, 0.15) is 0 Å². The van der Waals surface area contributed by atoms with Crippen LogP contribution < -0.4 is 17.2 Å². The van der Waals surface area contributed by atoms with E-state index in [-0.39, 0.29) is 0 Å². The van der Waals surface area contributed by atoms with Crippen LogP contribution in [0.3, 0.4) is 0 Å². The highest BCUT2D eigenvalue weighted by atomic mass is 16.4. The largest absolute Gasteiger partial charge is 0.392 e. The van der Waals surface area contributed by atoms with Crippen LogP contribution in [0.2, 0.25) is 0 Å². The molecule has 9 heavy (non-hydrogen) atoms. The van der Waals surface area contributed by atoms with Crippen molar-refractivity contribution in [2.75, 3.05) is 6.61 Å². The van der Waals surface area contributed by atoms with Crippen molar-refractivity contribution in [3.05, 3.63) is 0 Å². The minimum atomic E-state index is -2.47. The summed E-state index contributed by atoms with van der Waals surface area (Å²) in [5.41, 5.74) is 11.9. The van der Waals surface area contributed by atoms with Gasteiger partial charge in [0.15, 0.2) is 5.72 Å². The highest BCUT2D eigenvalue weighted by Gasteiger charge is 2.39. The molecule has 0 saturated heterocycles. The van der Waals surface area contributed by atoms with Crippen LogP contribution in [0.25, 0.3) is 0 Å². The number of nitrogens with two attached hydrogens (primary N) is 3. The smallest absolute Gasteiger partial charge is 0.213 e. The molecular weight excluding hydrogens is 126 g/mol. The second-order valence-corrected chi connectivity index (χ2v) is 1.91. The molecule has 1 unspecified atom stereocenters. The molecule has 9 N–H and O–H groups in total. The zero-order valence-electron chi connectivity index (χ0n) is 4.78. The first kappa shape index (κ1) is 8.76. The van der Waals surface area contributed by atoms with Crippen LogP contribution in [0.5, 0.6) is 0 Å². The summed E-state index contributed by atoms with van der Waals surface area (Å²) in [6, 6.07) is 0. The Morgan fingerprint density at radius 2 is 1.44 bits per heavy atom. The third kappa shape index (κ3) is 1.86. The van der Waals surface area contributed by atoms with Crippen LogP contribution in [-0.4, -0.2) is 33.5 Å². The summed E-state index contributed by atoms with van der Waals surface area (Å²) in [6.45, 7) is -0.906. The molecule has 0 aliphatic carbocycles. The van der Waals surface area contributed by atoms with E-state index in [2.05, 4.69) is 0 Å². The van der Waals surface area contributed by atoms with Crippen LogP contribution in [0.4, 0.5) is 0 Å². The summed E-state index contributed by atoms with van der Waals surface area (Å²) >= 11 is 0. The van der Waals surface area contributed by atoms with Crippen molar-refractivity contribution in [3.63, 3.8) is 0 Å². The van der Waals surface area contributed by atoms with E-state index in [0.29, 0.717) is 0 Å². The molecule has 6 nitrogen and oxygen atoms in total. The zero-order chi connectivity index (χ0) is 7.71. The molecule has 1 atom stereocenters. The van der Waals surface area contributed by atoms with Crippen LogP contribution in [-0.2, 0) is 0 Å². The Morgan fingerprint density at radius 1 is 1.11 bits per heavy atom. The molecule has 56 valence electrons. The molecule has 0 aliphatic rings.